The number of nitrogens with one attached hydrogen (secondary N) is 1. The molecule has 1 N–H and O–H groups in total. The van der Waals surface area contributed by atoms with Crippen LogP contribution in [0.25, 0.3) is 0 Å². The first-order valence-electron chi connectivity index (χ1n) is 6.87. The molecule has 1 saturated carbocycles. The second-order valence-corrected chi connectivity index (χ2v) is 5.29. The van der Waals surface area contributed by atoms with Gasteiger partial charge in [0.15, 0.2) is 0 Å². The van der Waals surface area contributed by atoms with Crippen molar-refractivity contribution in [2.45, 2.75) is 44.6 Å². The summed E-state index contributed by atoms with van der Waals surface area (Å²) in [7, 11) is 1.94. The first-order valence-corrected chi connectivity index (χ1v) is 7.40. The maximum Gasteiger partial charge on any atom is 0.263 e. The van der Waals surface area contributed by atoms with Crippen molar-refractivity contribution in [1.82, 2.24) is 10.2 Å². The molecule has 0 aliphatic heterocycles. The highest BCUT2D eigenvalue weighted by molar-refractivity contribution is 6.17. The van der Waals surface area contributed by atoms with Gasteiger partial charge in [0.25, 0.3) is 5.91 Å². The summed E-state index contributed by atoms with van der Waals surface area (Å²) in [5, 5.41) is 11.8. The molecule has 0 aromatic carbocycles. The zero-order valence-electron chi connectivity index (χ0n) is 11.5. The largest absolute Gasteiger partial charge is 0.376 e. The van der Waals surface area contributed by atoms with E-state index < -0.39 is 0 Å². The second kappa shape index (κ2) is 8.82. The lowest BCUT2D eigenvalue weighted by Gasteiger charge is -2.30. The third-order valence-corrected chi connectivity index (χ3v) is 3.71. The number of alkyl halides is 1. The fourth-order valence-electron chi connectivity index (χ4n) is 2.30. The molecule has 0 spiro atoms. The average molecular weight is 284 g/mol. The minimum Gasteiger partial charge on any atom is -0.376 e. The summed E-state index contributed by atoms with van der Waals surface area (Å²) in [6.07, 6.45) is 8.41. The van der Waals surface area contributed by atoms with Gasteiger partial charge in [-0.2, -0.15) is 5.26 Å². The van der Waals surface area contributed by atoms with Crippen molar-refractivity contribution in [2.24, 2.45) is 0 Å². The van der Waals surface area contributed by atoms with Crippen molar-refractivity contribution in [1.29, 1.82) is 5.26 Å². The van der Waals surface area contributed by atoms with Crippen molar-refractivity contribution < 1.29 is 4.79 Å². The van der Waals surface area contributed by atoms with Crippen molar-refractivity contribution in [3.05, 3.63) is 11.8 Å². The van der Waals surface area contributed by atoms with Crippen LogP contribution in [-0.4, -0.2) is 36.3 Å². The van der Waals surface area contributed by atoms with E-state index in [0.29, 0.717) is 24.9 Å². The zero-order chi connectivity index (χ0) is 14.1. The number of carbonyl (C=O) groups is 1. The molecule has 5 heteroatoms. The highest BCUT2D eigenvalue weighted by Gasteiger charge is 2.17. The van der Waals surface area contributed by atoms with Gasteiger partial charge >= 0.3 is 0 Å². The Labute approximate surface area is 120 Å². The van der Waals surface area contributed by atoms with E-state index in [1.165, 1.54) is 19.3 Å². The molecule has 0 saturated heterocycles. The lowest BCUT2D eigenvalue weighted by atomic mass is 9.94. The molecule has 1 fully saturated rings. The van der Waals surface area contributed by atoms with Gasteiger partial charge in [-0.1, -0.05) is 19.3 Å². The van der Waals surface area contributed by atoms with Gasteiger partial charge in [-0.3, -0.25) is 4.79 Å². The first kappa shape index (κ1) is 15.8. The summed E-state index contributed by atoms with van der Waals surface area (Å²) >= 11 is 5.55. The van der Waals surface area contributed by atoms with E-state index in [1.54, 1.807) is 6.20 Å². The molecule has 4 nitrogen and oxygen atoms in total. The lowest BCUT2D eigenvalue weighted by Crippen LogP contribution is -2.32. The van der Waals surface area contributed by atoms with Gasteiger partial charge < -0.3 is 10.2 Å². The minimum atomic E-state index is -0.310. The predicted octanol–water partition coefficient (Wildman–Crippen LogP) is 2.40. The SMILES string of the molecule is CN(/C=C(/C#N)C(=O)NCCCCl)C1CCCCC1. The molecular weight excluding hydrogens is 262 g/mol. The van der Waals surface area contributed by atoms with Crippen LogP contribution in [0.3, 0.4) is 0 Å². The van der Waals surface area contributed by atoms with Crippen molar-refractivity contribution in [3.63, 3.8) is 0 Å². The molecule has 19 heavy (non-hydrogen) atoms. The van der Waals surface area contributed by atoms with E-state index >= 15 is 0 Å². The molecule has 0 aromatic heterocycles. The van der Waals surface area contributed by atoms with Crippen molar-refractivity contribution >= 4 is 17.5 Å². The summed E-state index contributed by atoms with van der Waals surface area (Å²) < 4.78 is 0. The Balaban J connectivity index is 2.54. The highest BCUT2D eigenvalue weighted by atomic mass is 35.5. The van der Waals surface area contributed by atoms with Crippen LogP contribution in [0.4, 0.5) is 0 Å². The Morgan fingerprint density at radius 2 is 2.16 bits per heavy atom. The maximum absolute atomic E-state index is 11.8. The number of rotatable bonds is 6. The van der Waals surface area contributed by atoms with Crippen LogP contribution in [0.2, 0.25) is 0 Å². The van der Waals surface area contributed by atoms with Gasteiger partial charge in [0, 0.05) is 31.7 Å². The molecule has 0 radical (unpaired) electrons. The molecule has 0 atom stereocenters. The Morgan fingerprint density at radius 1 is 1.47 bits per heavy atom. The summed E-state index contributed by atoms with van der Waals surface area (Å²) in [6, 6.07) is 2.42. The Bertz CT molecular complexity index is 356. The van der Waals surface area contributed by atoms with Crippen LogP contribution < -0.4 is 5.32 Å². The van der Waals surface area contributed by atoms with Crippen LogP contribution in [0.5, 0.6) is 0 Å². The van der Waals surface area contributed by atoms with E-state index in [-0.39, 0.29) is 11.5 Å². The molecule has 0 aromatic rings. The average Bonchev–Trinajstić information content (AvgIpc) is 2.45. The van der Waals surface area contributed by atoms with E-state index in [9.17, 15) is 4.79 Å². The second-order valence-electron chi connectivity index (χ2n) is 4.91. The minimum absolute atomic E-state index is 0.169. The van der Waals surface area contributed by atoms with Crippen LogP contribution in [0.1, 0.15) is 38.5 Å². The molecular formula is C14H22ClN3O. The third-order valence-electron chi connectivity index (χ3n) is 3.44. The van der Waals surface area contributed by atoms with E-state index in [0.717, 1.165) is 12.8 Å². The maximum atomic E-state index is 11.8. The Morgan fingerprint density at radius 3 is 2.74 bits per heavy atom. The molecule has 0 unspecified atom stereocenters. The number of amides is 1. The number of carbonyl (C=O) groups excluding carboxylic acids is 1. The summed E-state index contributed by atoms with van der Waals surface area (Å²) in [4.78, 5) is 13.8. The first-order chi connectivity index (χ1) is 9.19. The van der Waals surface area contributed by atoms with Crippen LogP contribution in [0, 0.1) is 11.3 Å². The molecule has 1 aliphatic carbocycles. The highest BCUT2D eigenvalue weighted by Crippen LogP contribution is 2.22. The van der Waals surface area contributed by atoms with Crippen LogP contribution >= 0.6 is 11.6 Å². The molecule has 1 aliphatic rings. The predicted molar refractivity (Wildman–Crippen MR) is 76.7 cm³/mol. The monoisotopic (exact) mass is 283 g/mol. The van der Waals surface area contributed by atoms with Gasteiger partial charge in [0.2, 0.25) is 0 Å². The standard InChI is InChI=1S/C14H22ClN3O/c1-18(13-6-3-2-4-7-13)11-12(10-16)14(19)17-9-5-8-15/h11,13H,2-9H2,1H3,(H,17,19)/b12-11-. The quantitative estimate of drug-likeness (QED) is 0.352. The topological polar surface area (TPSA) is 56.1 Å². The van der Waals surface area contributed by atoms with E-state index in [2.05, 4.69) is 5.32 Å². The number of hydrogen-bond donors (Lipinski definition) is 1. The normalized spacial score (nSPS) is 16.8. The van der Waals surface area contributed by atoms with Crippen molar-refractivity contribution in [2.75, 3.05) is 19.5 Å². The number of nitriles is 1. The summed E-state index contributed by atoms with van der Waals surface area (Å²) in [5.41, 5.74) is 0.169. The summed E-state index contributed by atoms with van der Waals surface area (Å²) in [6.45, 7) is 0.508. The fourth-order valence-corrected chi connectivity index (χ4v) is 2.43. The molecule has 0 bridgehead atoms. The number of nitrogens with zero attached hydrogens (tertiary/aromatic N) is 2. The van der Waals surface area contributed by atoms with Gasteiger partial charge in [-0.25, -0.2) is 0 Å². The van der Waals surface area contributed by atoms with Gasteiger partial charge in [-0.15, -0.1) is 11.6 Å². The number of hydrogen-bond acceptors (Lipinski definition) is 3. The molecule has 106 valence electrons. The smallest absolute Gasteiger partial charge is 0.263 e. The molecule has 1 rings (SSSR count). The van der Waals surface area contributed by atoms with E-state index in [4.69, 9.17) is 16.9 Å². The molecule has 1 amide bonds. The Kier molecular flexibility index (Phi) is 7.35. The van der Waals surface area contributed by atoms with E-state index in [1.807, 2.05) is 18.0 Å². The zero-order valence-corrected chi connectivity index (χ0v) is 12.2. The fraction of sp³-hybridized carbons (Fsp3) is 0.714. The number of halogens is 1. The Hall–Kier alpha value is -1.21. The van der Waals surface area contributed by atoms with Crippen molar-refractivity contribution in [3.8, 4) is 6.07 Å². The van der Waals surface area contributed by atoms with Crippen LogP contribution in [0.15, 0.2) is 11.8 Å². The lowest BCUT2D eigenvalue weighted by molar-refractivity contribution is -0.117. The van der Waals surface area contributed by atoms with Crippen LogP contribution in [-0.2, 0) is 4.79 Å². The van der Waals surface area contributed by atoms with Gasteiger partial charge in [0.05, 0.1) is 0 Å². The third kappa shape index (κ3) is 5.52. The van der Waals surface area contributed by atoms with Gasteiger partial charge in [-0.05, 0) is 19.3 Å². The van der Waals surface area contributed by atoms with Gasteiger partial charge in [0.1, 0.15) is 11.6 Å². The summed E-state index contributed by atoms with van der Waals surface area (Å²) in [5.74, 6) is 0.198. The molecule has 0 heterocycles.